The zero-order valence-electron chi connectivity index (χ0n) is 16.2. The van der Waals surface area contributed by atoms with Crippen molar-refractivity contribution < 1.29 is 13.2 Å². The molecule has 0 unspecified atom stereocenters. The number of methoxy groups -OCH3 is 1. The first-order chi connectivity index (χ1) is 13.2. The van der Waals surface area contributed by atoms with Crippen molar-refractivity contribution in [2.75, 3.05) is 38.2 Å². The Bertz CT molecular complexity index is 956. The molecule has 1 aliphatic heterocycles. The number of ether oxygens (including phenoxy) is 1. The number of rotatable bonds is 5. The normalized spacial score (nSPS) is 15.9. The van der Waals surface area contributed by atoms with Gasteiger partial charge in [-0.2, -0.15) is 4.31 Å². The van der Waals surface area contributed by atoms with E-state index in [2.05, 4.69) is 4.90 Å². The lowest BCUT2D eigenvalue weighted by Crippen LogP contribution is -2.48. The van der Waals surface area contributed by atoms with Crippen molar-refractivity contribution in [2.45, 2.75) is 24.7 Å². The number of benzene rings is 2. The van der Waals surface area contributed by atoms with Gasteiger partial charge in [0.2, 0.25) is 10.0 Å². The summed E-state index contributed by atoms with van der Waals surface area (Å²) in [5.41, 5.74) is 1.90. The van der Waals surface area contributed by atoms with Gasteiger partial charge in [0.25, 0.3) is 0 Å². The van der Waals surface area contributed by atoms with Gasteiger partial charge in [0.1, 0.15) is 10.6 Å². The molecule has 8 heteroatoms. The summed E-state index contributed by atoms with van der Waals surface area (Å²) in [6.45, 7) is 5.99. The van der Waals surface area contributed by atoms with Crippen LogP contribution in [-0.2, 0) is 10.0 Å². The van der Waals surface area contributed by atoms with E-state index in [1.54, 1.807) is 18.2 Å². The quantitative estimate of drug-likeness (QED) is 0.676. The lowest BCUT2D eigenvalue weighted by atomic mass is 10.0. The Labute approximate surface area is 176 Å². The molecule has 0 bridgehead atoms. The van der Waals surface area contributed by atoms with Gasteiger partial charge in [-0.25, -0.2) is 8.42 Å². The Morgan fingerprint density at radius 3 is 2.21 bits per heavy atom. The monoisotopic (exact) mass is 442 g/mol. The molecule has 0 radical (unpaired) electrons. The minimum atomic E-state index is -3.65. The standard InChI is InChI=1S/C20H24Cl2N2O3S/c1-14(2)15-4-7-19(27-3)20(12-15)28(25,26)24-10-8-23(9-11-24)16-5-6-17(21)18(22)13-16/h4-7,12-14H,8-11H2,1-3H3. The van der Waals surface area contributed by atoms with Gasteiger partial charge in [-0.3, -0.25) is 0 Å². The van der Waals surface area contributed by atoms with Crippen molar-refractivity contribution in [3.8, 4) is 5.75 Å². The first kappa shape index (κ1) is 21.2. The van der Waals surface area contributed by atoms with Crippen LogP contribution in [0.25, 0.3) is 0 Å². The van der Waals surface area contributed by atoms with Gasteiger partial charge in [0.05, 0.1) is 17.2 Å². The molecule has 1 fully saturated rings. The van der Waals surface area contributed by atoms with Crippen LogP contribution in [0.2, 0.25) is 10.0 Å². The van der Waals surface area contributed by atoms with Crippen LogP contribution in [0.4, 0.5) is 5.69 Å². The lowest BCUT2D eigenvalue weighted by molar-refractivity contribution is 0.374. The fourth-order valence-electron chi connectivity index (χ4n) is 3.26. The van der Waals surface area contributed by atoms with Crippen LogP contribution in [-0.4, -0.2) is 46.0 Å². The third-order valence-electron chi connectivity index (χ3n) is 4.98. The molecule has 0 N–H and O–H groups in total. The molecule has 0 atom stereocenters. The van der Waals surface area contributed by atoms with Crippen LogP contribution in [0, 0.1) is 0 Å². The predicted molar refractivity (Wildman–Crippen MR) is 115 cm³/mol. The second-order valence-corrected chi connectivity index (χ2v) is 9.78. The maximum atomic E-state index is 13.3. The molecule has 152 valence electrons. The zero-order valence-corrected chi connectivity index (χ0v) is 18.5. The first-order valence-electron chi connectivity index (χ1n) is 9.12. The fourth-order valence-corrected chi connectivity index (χ4v) is 5.17. The number of hydrogen-bond acceptors (Lipinski definition) is 4. The van der Waals surface area contributed by atoms with E-state index in [4.69, 9.17) is 27.9 Å². The van der Waals surface area contributed by atoms with Crippen LogP contribution in [0.1, 0.15) is 25.3 Å². The molecule has 5 nitrogen and oxygen atoms in total. The van der Waals surface area contributed by atoms with Crippen molar-refractivity contribution in [1.82, 2.24) is 4.31 Å². The zero-order chi connectivity index (χ0) is 20.5. The Kier molecular flexibility index (Phi) is 6.44. The molecule has 1 saturated heterocycles. The molecular formula is C20H24Cl2N2O3S. The van der Waals surface area contributed by atoms with Gasteiger partial charge in [-0.1, -0.05) is 43.1 Å². The van der Waals surface area contributed by atoms with Crippen molar-refractivity contribution >= 4 is 38.9 Å². The summed E-state index contributed by atoms with van der Waals surface area (Å²) in [4.78, 5) is 2.33. The van der Waals surface area contributed by atoms with Crippen LogP contribution in [0.3, 0.4) is 0 Å². The van der Waals surface area contributed by atoms with Crippen molar-refractivity contribution in [2.24, 2.45) is 0 Å². The van der Waals surface area contributed by atoms with Gasteiger partial charge >= 0.3 is 0 Å². The van der Waals surface area contributed by atoms with E-state index in [1.807, 2.05) is 32.0 Å². The summed E-state index contributed by atoms with van der Waals surface area (Å²) in [7, 11) is -2.16. The van der Waals surface area contributed by atoms with Crippen molar-refractivity contribution in [1.29, 1.82) is 0 Å². The molecule has 0 amide bonds. The lowest BCUT2D eigenvalue weighted by Gasteiger charge is -2.35. The number of anilines is 1. The largest absolute Gasteiger partial charge is 0.495 e. The molecule has 3 rings (SSSR count). The van der Waals surface area contributed by atoms with Crippen LogP contribution >= 0.6 is 23.2 Å². The maximum absolute atomic E-state index is 13.3. The highest BCUT2D eigenvalue weighted by Crippen LogP contribution is 2.32. The molecule has 28 heavy (non-hydrogen) atoms. The van der Waals surface area contributed by atoms with E-state index in [-0.39, 0.29) is 10.8 Å². The third-order valence-corrected chi connectivity index (χ3v) is 7.64. The number of nitrogens with zero attached hydrogens (tertiary/aromatic N) is 2. The van der Waals surface area contributed by atoms with E-state index in [0.717, 1.165) is 11.3 Å². The highest BCUT2D eigenvalue weighted by atomic mass is 35.5. The van der Waals surface area contributed by atoms with E-state index in [1.165, 1.54) is 11.4 Å². The summed E-state index contributed by atoms with van der Waals surface area (Å²) in [6, 6.07) is 10.8. The highest BCUT2D eigenvalue weighted by Gasteiger charge is 2.31. The Hall–Kier alpha value is -1.47. The minimum Gasteiger partial charge on any atom is -0.495 e. The summed E-state index contributed by atoms with van der Waals surface area (Å²) in [5.74, 6) is 0.600. The summed E-state index contributed by atoms with van der Waals surface area (Å²) >= 11 is 12.1. The highest BCUT2D eigenvalue weighted by molar-refractivity contribution is 7.89. The topological polar surface area (TPSA) is 49.9 Å². The molecule has 1 aliphatic rings. The van der Waals surface area contributed by atoms with Gasteiger partial charge in [0.15, 0.2) is 0 Å². The molecule has 2 aromatic carbocycles. The van der Waals surface area contributed by atoms with E-state index >= 15 is 0 Å². The molecule has 0 aromatic heterocycles. The van der Waals surface area contributed by atoms with E-state index in [9.17, 15) is 8.42 Å². The Morgan fingerprint density at radius 2 is 1.64 bits per heavy atom. The van der Waals surface area contributed by atoms with Crippen LogP contribution in [0.5, 0.6) is 5.75 Å². The molecule has 2 aromatic rings. The molecule has 0 spiro atoms. The second-order valence-electron chi connectivity index (χ2n) is 7.05. The third kappa shape index (κ3) is 4.25. The SMILES string of the molecule is COc1ccc(C(C)C)cc1S(=O)(=O)N1CCN(c2ccc(Cl)c(Cl)c2)CC1. The van der Waals surface area contributed by atoms with Gasteiger partial charge < -0.3 is 9.64 Å². The Morgan fingerprint density at radius 1 is 0.964 bits per heavy atom. The predicted octanol–water partition coefficient (Wildman–Crippen LogP) is 4.64. The number of piperazine rings is 1. The average molecular weight is 443 g/mol. The van der Waals surface area contributed by atoms with Gasteiger partial charge in [-0.05, 0) is 41.8 Å². The van der Waals surface area contributed by atoms with Crippen molar-refractivity contribution in [3.05, 3.63) is 52.0 Å². The maximum Gasteiger partial charge on any atom is 0.246 e. The average Bonchev–Trinajstić information content (AvgIpc) is 2.69. The van der Waals surface area contributed by atoms with E-state index in [0.29, 0.717) is 42.0 Å². The number of hydrogen-bond donors (Lipinski definition) is 0. The van der Waals surface area contributed by atoms with Crippen molar-refractivity contribution in [3.63, 3.8) is 0 Å². The van der Waals surface area contributed by atoms with E-state index < -0.39 is 10.0 Å². The van der Waals surface area contributed by atoms with Gasteiger partial charge in [-0.15, -0.1) is 0 Å². The first-order valence-corrected chi connectivity index (χ1v) is 11.3. The number of sulfonamides is 1. The molecular weight excluding hydrogens is 419 g/mol. The van der Waals surface area contributed by atoms with Crippen LogP contribution in [0.15, 0.2) is 41.3 Å². The van der Waals surface area contributed by atoms with Crippen LogP contribution < -0.4 is 9.64 Å². The molecule has 1 heterocycles. The summed E-state index contributed by atoms with van der Waals surface area (Å²) in [5, 5.41) is 0.994. The summed E-state index contributed by atoms with van der Waals surface area (Å²) < 4.78 is 33.4. The molecule has 0 saturated carbocycles. The summed E-state index contributed by atoms with van der Waals surface area (Å²) in [6.07, 6.45) is 0. The molecule has 0 aliphatic carbocycles. The fraction of sp³-hybridized carbons (Fsp3) is 0.400. The number of halogens is 2. The van der Waals surface area contributed by atoms with Gasteiger partial charge in [0, 0.05) is 31.9 Å². The Balaban J connectivity index is 1.81. The smallest absolute Gasteiger partial charge is 0.246 e. The second kappa shape index (κ2) is 8.49. The minimum absolute atomic E-state index is 0.226.